The molecule has 0 saturated carbocycles. The largest absolute Gasteiger partial charge is 0.299 e. The lowest BCUT2D eigenvalue weighted by atomic mass is 9.96. The molecular weight excluding hydrogens is 314 g/mol. The number of nitrogens with zero attached hydrogens (tertiary/aromatic N) is 3. The highest BCUT2D eigenvalue weighted by Crippen LogP contribution is 2.23. The van der Waals surface area contributed by atoms with Gasteiger partial charge in [-0.05, 0) is 43.9 Å². The van der Waals surface area contributed by atoms with Gasteiger partial charge in [0.15, 0.2) is 0 Å². The molecule has 1 aromatic heterocycles. The minimum atomic E-state index is 0.00991. The van der Waals surface area contributed by atoms with Crippen LogP contribution in [0, 0.1) is 20.8 Å². The molecule has 0 fully saturated rings. The maximum absolute atomic E-state index is 12.6. The number of rotatable bonds is 5. The van der Waals surface area contributed by atoms with Gasteiger partial charge in [0.25, 0.3) is 0 Å². The number of Topliss-reactive ketones (excluding diaryl/α,β-unsaturated/α-hetero) is 1. The first-order chi connectivity index (χ1) is 12.0. The van der Waals surface area contributed by atoms with E-state index >= 15 is 0 Å². The molecule has 5 nitrogen and oxygen atoms in total. The number of aryl methyl sites for hydroxylation is 4. The second-order valence-corrected chi connectivity index (χ2v) is 6.85. The number of ketones is 1. The van der Waals surface area contributed by atoms with Crippen molar-refractivity contribution in [2.24, 2.45) is 0 Å². The van der Waals surface area contributed by atoms with Crippen LogP contribution in [-0.4, -0.2) is 28.0 Å². The van der Waals surface area contributed by atoms with Gasteiger partial charge in [-0.1, -0.05) is 18.2 Å². The SMILES string of the molecule is Cc1cc2n(n1)CCCN2C(=O)CCC(=O)Cc1c(C)cccc1C. The van der Waals surface area contributed by atoms with Gasteiger partial charge >= 0.3 is 0 Å². The highest BCUT2D eigenvalue weighted by molar-refractivity contribution is 5.95. The van der Waals surface area contributed by atoms with Crippen molar-refractivity contribution >= 4 is 17.5 Å². The van der Waals surface area contributed by atoms with Crippen LogP contribution >= 0.6 is 0 Å². The van der Waals surface area contributed by atoms with Gasteiger partial charge in [0.05, 0.1) is 5.69 Å². The number of anilines is 1. The van der Waals surface area contributed by atoms with Crippen LogP contribution in [0.5, 0.6) is 0 Å². The van der Waals surface area contributed by atoms with E-state index in [0.717, 1.165) is 41.2 Å². The fourth-order valence-corrected chi connectivity index (χ4v) is 3.45. The van der Waals surface area contributed by atoms with Crippen molar-refractivity contribution in [3.05, 3.63) is 46.6 Å². The molecule has 1 amide bonds. The van der Waals surface area contributed by atoms with Crippen LogP contribution in [0.25, 0.3) is 0 Å². The zero-order valence-corrected chi connectivity index (χ0v) is 15.2. The number of aromatic nitrogens is 2. The lowest BCUT2D eigenvalue weighted by Crippen LogP contribution is -2.37. The van der Waals surface area contributed by atoms with Gasteiger partial charge in [-0.15, -0.1) is 0 Å². The molecular formula is C20H25N3O2. The maximum atomic E-state index is 12.6. The molecule has 2 heterocycles. The number of hydrogen-bond donors (Lipinski definition) is 0. The average Bonchev–Trinajstić information content (AvgIpc) is 2.96. The third-order valence-corrected chi connectivity index (χ3v) is 4.85. The summed E-state index contributed by atoms with van der Waals surface area (Å²) in [5, 5.41) is 4.41. The predicted octanol–water partition coefficient (Wildman–Crippen LogP) is 3.14. The first kappa shape index (κ1) is 17.4. The summed E-state index contributed by atoms with van der Waals surface area (Å²) in [7, 11) is 0. The molecule has 5 heteroatoms. The number of fused-ring (bicyclic) bond motifs is 1. The number of hydrogen-bond acceptors (Lipinski definition) is 3. The lowest BCUT2D eigenvalue weighted by molar-refractivity contribution is -0.123. The van der Waals surface area contributed by atoms with Gasteiger partial charge in [0.1, 0.15) is 11.6 Å². The molecule has 1 aliphatic heterocycles. The van der Waals surface area contributed by atoms with Gasteiger partial charge in [-0.2, -0.15) is 5.10 Å². The third kappa shape index (κ3) is 3.81. The molecule has 1 aromatic carbocycles. The Morgan fingerprint density at radius 3 is 2.52 bits per heavy atom. The highest BCUT2D eigenvalue weighted by atomic mass is 16.2. The molecule has 0 N–H and O–H groups in total. The molecule has 0 saturated heterocycles. The first-order valence-electron chi connectivity index (χ1n) is 8.87. The second kappa shape index (κ2) is 7.21. The van der Waals surface area contributed by atoms with E-state index in [1.54, 1.807) is 4.90 Å². The van der Waals surface area contributed by atoms with Crippen LogP contribution in [0.1, 0.15) is 41.6 Å². The molecule has 132 valence electrons. The van der Waals surface area contributed by atoms with E-state index in [0.29, 0.717) is 13.0 Å². The Hall–Kier alpha value is -2.43. The summed E-state index contributed by atoms with van der Waals surface area (Å²) in [6, 6.07) is 8.00. The van der Waals surface area contributed by atoms with Gasteiger partial charge in [-0.25, -0.2) is 4.68 Å². The van der Waals surface area contributed by atoms with Gasteiger partial charge in [0, 0.05) is 38.4 Å². The fourth-order valence-electron chi connectivity index (χ4n) is 3.45. The summed E-state index contributed by atoms with van der Waals surface area (Å²) in [4.78, 5) is 26.7. The smallest absolute Gasteiger partial charge is 0.228 e. The molecule has 0 atom stereocenters. The standard InChI is InChI=1S/C20H25N3O2/c1-14-6-4-7-15(2)18(14)13-17(24)8-9-20(25)22-10-5-11-23-19(22)12-16(3)21-23/h4,6-7,12H,5,8-11,13H2,1-3H3. The molecule has 0 spiro atoms. The molecule has 2 aromatic rings. The van der Waals surface area contributed by atoms with E-state index < -0.39 is 0 Å². The summed E-state index contributed by atoms with van der Waals surface area (Å²) < 4.78 is 1.88. The molecule has 0 radical (unpaired) electrons. The van der Waals surface area contributed by atoms with E-state index in [2.05, 4.69) is 5.10 Å². The van der Waals surface area contributed by atoms with E-state index in [1.807, 2.05) is 49.7 Å². The van der Waals surface area contributed by atoms with E-state index in [9.17, 15) is 9.59 Å². The highest BCUT2D eigenvalue weighted by Gasteiger charge is 2.24. The van der Waals surface area contributed by atoms with E-state index in [1.165, 1.54) is 0 Å². The van der Waals surface area contributed by atoms with Crippen LogP contribution in [-0.2, 0) is 22.6 Å². The predicted molar refractivity (Wildman–Crippen MR) is 97.8 cm³/mol. The molecule has 0 bridgehead atoms. The number of amides is 1. The van der Waals surface area contributed by atoms with E-state index in [-0.39, 0.29) is 24.5 Å². The van der Waals surface area contributed by atoms with Crippen LogP contribution in [0.2, 0.25) is 0 Å². The van der Waals surface area contributed by atoms with Crippen LogP contribution in [0.3, 0.4) is 0 Å². The van der Waals surface area contributed by atoms with Crippen molar-refractivity contribution in [2.45, 2.75) is 53.0 Å². The zero-order chi connectivity index (χ0) is 18.0. The Kier molecular flexibility index (Phi) is 5.02. The van der Waals surface area contributed by atoms with Crippen LogP contribution in [0.15, 0.2) is 24.3 Å². The Morgan fingerprint density at radius 1 is 1.08 bits per heavy atom. The summed E-state index contributed by atoms with van der Waals surface area (Å²) in [5.41, 5.74) is 4.28. The monoisotopic (exact) mass is 339 g/mol. The molecule has 1 aliphatic rings. The van der Waals surface area contributed by atoms with Crippen molar-refractivity contribution in [3.63, 3.8) is 0 Å². The maximum Gasteiger partial charge on any atom is 0.228 e. The minimum absolute atomic E-state index is 0.00991. The number of carbonyl (C=O) groups excluding carboxylic acids is 2. The van der Waals surface area contributed by atoms with Gasteiger partial charge in [0.2, 0.25) is 5.91 Å². The fraction of sp³-hybridized carbons (Fsp3) is 0.450. The normalized spacial score (nSPS) is 13.6. The van der Waals surface area contributed by atoms with Crippen LogP contribution < -0.4 is 4.90 Å². The number of benzene rings is 1. The molecule has 0 aliphatic carbocycles. The Labute approximate surface area is 148 Å². The quantitative estimate of drug-likeness (QED) is 0.841. The summed E-state index contributed by atoms with van der Waals surface area (Å²) in [6.45, 7) is 7.53. The van der Waals surface area contributed by atoms with Crippen molar-refractivity contribution in [1.29, 1.82) is 0 Å². The summed E-state index contributed by atoms with van der Waals surface area (Å²) in [6.07, 6.45) is 1.85. The van der Waals surface area contributed by atoms with Crippen LogP contribution in [0.4, 0.5) is 5.82 Å². The Balaban J connectivity index is 1.60. The lowest BCUT2D eigenvalue weighted by Gasteiger charge is -2.27. The average molecular weight is 339 g/mol. The summed E-state index contributed by atoms with van der Waals surface area (Å²) >= 11 is 0. The van der Waals surface area contributed by atoms with Crippen molar-refractivity contribution < 1.29 is 9.59 Å². The summed E-state index contributed by atoms with van der Waals surface area (Å²) in [5.74, 6) is 0.985. The van der Waals surface area contributed by atoms with Gasteiger partial charge < -0.3 is 0 Å². The van der Waals surface area contributed by atoms with Gasteiger partial charge in [-0.3, -0.25) is 14.5 Å². The van der Waals surface area contributed by atoms with Crippen molar-refractivity contribution in [1.82, 2.24) is 9.78 Å². The van der Waals surface area contributed by atoms with Crippen molar-refractivity contribution in [3.8, 4) is 0 Å². The van der Waals surface area contributed by atoms with Crippen molar-refractivity contribution in [2.75, 3.05) is 11.4 Å². The zero-order valence-electron chi connectivity index (χ0n) is 15.2. The minimum Gasteiger partial charge on any atom is -0.299 e. The molecule has 25 heavy (non-hydrogen) atoms. The molecule has 0 unspecified atom stereocenters. The first-order valence-corrected chi connectivity index (χ1v) is 8.87. The molecule has 3 rings (SSSR count). The Morgan fingerprint density at radius 2 is 1.80 bits per heavy atom. The van der Waals surface area contributed by atoms with E-state index in [4.69, 9.17) is 0 Å². The number of carbonyl (C=O) groups is 2. The Bertz CT molecular complexity index is 787. The third-order valence-electron chi connectivity index (χ3n) is 4.85. The second-order valence-electron chi connectivity index (χ2n) is 6.85. The topological polar surface area (TPSA) is 55.2 Å².